The Bertz CT molecular complexity index is 1350. The topological polar surface area (TPSA) is 105 Å². The number of rotatable bonds is 4. The first-order valence-electron chi connectivity index (χ1n) is 11.3. The Morgan fingerprint density at radius 2 is 1.89 bits per heavy atom. The normalized spacial score (nSPS) is 16.2. The molecule has 0 radical (unpaired) electrons. The van der Waals surface area contributed by atoms with E-state index in [1.54, 1.807) is 20.8 Å². The van der Waals surface area contributed by atoms with E-state index >= 15 is 8.78 Å². The SMILES string of the molecule is CC(C)(C)OC(=O)Nc1cc(F)c(-c2nc3cc(Cl)c(F)cn3c2CC2CN(C(=O)O)CCO2)c(F)c1. The number of ether oxygens (including phenoxy) is 2. The van der Waals surface area contributed by atoms with Gasteiger partial charge in [-0.05, 0) is 32.9 Å². The van der Waals surface area contributed by atoms with Gasteiger partial charge in [0.2, 0.25) is 0 Å². The van der Waals surface area contributed by atoms with E-state index in [0.717, 1.165) is 23.2 Å². The number of halogens is 4. The third-order valence-electron chi connectivity index (χ3n) is 5.52. The van der Waals surface area contributed by atoms with E-state index in [4.69, 9.17) is 21.1 Å². The number of carbonyl (C=O) groups excluding carboxylic acids is 1. The predicted molar refractivity (Wildman–Crippen MR) is 128 cm³/mol. The quantitative estimate of drug-likeness (QED) is 0.463. The van der Waals surface area contributed by atoms with Crippen molar-refractivity contribution in [2.24, 2.45) is 0 Å². The fraction of sp³-hybridized carbons (Fsp3) is 0.375. The molecule has 1 saturated heterocycles. The highest BCUT2D eigenvalue weighted by atomic mass is 35.5. The van der Waals surface area contributed by atoms with Crippen molar-refractivity contribution in [2.45, 2.75) is 38.9 Å². The van der Waals surface area contributed by atoms with E-state index in [2.05, 4.69) is 10.3 Å². The second-order valence-electron chi connectivity index (χ2n) is 9.47. The molecule has 0 bridgehead atoms. The van der Waals surface area contributed by atoms with Crippen LogP contribution in [0, 0.1) is 17.5 Å². The minimum Gasteiger partial charge on any atom is -0.465 e. The molecular formula is C24H24ClF3N4O5. The molecule has 13 heteroatoms. The summed E-state index contributed by atoms with van der Waals surface area (Å²) < 4.78 is 57.0. The molecule has 1 unspecified atom stereocenters. The monoisotopic (exact) mass is 540 g/mol. The lowest BCUT2D eigenvalue weighted by Gasteiger charge is -2.31. The van der Waals surface area contributed by atoms with Crippen molar-refractivity contribution in [2.75, 3.05) is 25.0 Å². The maximum absolute atomic E-state index is 15.3. The summed E-state index contributed by atoms with van der Waals surface area (Å²) in [4.78, 5) is 28.9. The number of morpholine rings is 1. The van der Waals surface area contributed by atoms with Crippen LogP contribution >= 0.6 is 11.6 Å². The van der Waals surface area contributed by atoms with Gasteiger partial charge in [-0.2, -0.15) is 0 Å². The van der Waals surface area contributed by atoms with Crippen LogP contribution in [-0.2, 0) is 15.9 Å². The summed E-state index contributed by atoms with van der Waals surface area (Å²) in [6.45, 7) is 5.22. The van der Waals surface area contributed by atoms with Crippen molar-refractivity contribution in [3.05, 3.63) is 52.6 Å². The first-order valence-corrected chi connectivity index (χ1v) is 11.6. The Balaban J connectivity index is 1.75. The molecule has 1 aliphatic heterocycles. The standard InChI is InChI=1S/C24H24ClF3N4O5/c1-24(2,3)37-22(33)29-12-6-15(26)20(16(27)7-12)21-18(8-13-10-31(23(34)35)4-5-36-13)32-11-17(28)14(25)9-19(32)30-21/h6-7,9,11,13H,4-5,8,10H2,1-3H3,(H,29,33)(H,34,35). The van der Waals surface area contributed by atoms with Crippen LogP contribution in [0.25, 0.3) is 16.9 Å². The van der Waals surface area contributed by atoms with Gasteiger partial charge in [0.15, 0.2) is 5.82 Å². The fourth-order valence-corrected chi connectivity index (χ4v) is 4.16. The molecule has 2 aromatic heterocycles. The molecule has 0 saturated carbocycles. The molecule has 0 spiro atoms. The Kier molecular flexibility index (Phi) is 7.24. The van der Waals surface area contributed by atoms with Gasteiger partial charge in [-0.3, -0.25) is 5.32 Å². The number of nitrogens with zero attached hydrogens (tertiary/aromatic N) is 3. The largest absolute Gasteiger partial charge is 0.465 e. The smallest absolute Gasteiger partial charge is 0.412 e. The molecular weight excluding hydrogens is 517 g/mol. The van der Waals surface area contributed by atoms with E-state index < -0.39 is 46.9 Å². The number of carbonyl (C=O) groups is 2. The van der Waals surface area contributed by atoms with E-state index in [1.807, 2.05) is 0 Å². The van der Waals surface area contributed by atoms with Crippen LogP contribution in [0.1, 0.15) is 26.5 Å². The maximum atomic E-state index is 15.3. The molecule has 2 N–H and O–H groups in total. The van der Waals surface area contributed by atoms with E-state index in [1.165, 1.54) is 10.5 Å². The zero-order valence-corrected chi connectivity index (χ0v) is 20.9. The average molecular weight is 541 g/mol. The van der Waals surface area contributed by atoms with Crippen LogP contribution in [0.5, 0.6) is 0 Å². The van der Waals surface area contributed by atoms with Gasteiger partial charge in [0.05, 0.1) is 41.2 Å². The highest BCUT2D eigenvalue weighted by Crippen LogP contribution is 2.34. The number of anilines is 1. The second-order valence-corrected chi connectivity index (χ2v) is 9.88. The minimum atomic E-state index is -1.13. The Morgan fingerprint density at radius 1 is 1.22 bits per heavy atom. The third kappa shape index (κ3) is 5.91. The van der Waals surface area contributed by atoms with Gasteiger partial charge in [0.1, 0.15) is 22.9 Å². The summed E-state index contributed by atoms with van der Waals surface area (Å²) >= 11 is 5.89. The lowest BCUT2D eigenvalue weighted by molar-refractivity contribution is -0.0214. The molecule has 1 atom stereocenters. The van der Waals surface area contributed by atoms with Gasteiger partial charge in [0.25, 0.3) is 0 Å². The molecule has 4 rings (SSSR count). The van der Waals surface area contributed by atoms with Crippen LogP contribution in [0.4, 0.5) is 28.4 Å². The van der Waals surface area contributed by atoms with Crippen LogP contribution in [0.15, 0.2) is 24.4 Å². The Morgan fingerprint density at radius 3 is 2.51 bits per heavy atom. The molecule has 198 valence electrons. The predicted octanol–water partition coefficient (Wildman–Crippen LogP) is 5.34. The molecule has 3 aromatic rings. The number of hydrogen-bond donors (Lipinski definition) is 2. The van der Waals surface area contributed by atoms with Crippen molar-refractivity contribution in [1.29, 1.82) is 0 Å². The number of imidazole rings is 1. The van der Waals surface area contributed by atoms with Gasteiger partial charge in [-0.1, -0.05) is 11.6 Å². The van der Waals surface area contributed by atoms with Gasteiger partial charge >= 0.3 is 12.2 Å². The first-order chi connectivity index (χ1) is 17.3. The molecule has 3 heterocycles. The fourth-order valence-electron chi connectivity index (χ4n) is 4.01. The molecule has 9 nitrogen and oxygen atoms in total. The molecule has 1 aliphatic rings. The highest BCUT2D eigenvalue weighted by molar-refractivity contribution is 6.31. The number of amides is 2. The number of carboxylic acid groups (broad SMARTS) is 1. The van der Waals surface area contributed by atoms with Gasteiger partial charge in [0, 0.05) is 30.9 Å². The lowest BCUT2D eigenvalue weighted by Crippen LogP contribution is -2.45. The minimum absolute atomic E-state index is 0.00177. The number of benzene rings is 1. The van der Waals surface area contributed by atoms with Crippen molar-refractivity contribution in [3.63, 3.8) is 0 Å². The van der Waals surface area contributed by atoms with Gasteiger partial charge in [-0.25, -0.2) is 27.7 Å². The zero-order valence-electron chi connectivity index (χ0n) is 20.1. The summed E-state index contributed by atoms with van der Waals surface area (Å²) in [5.41, 5.74) is -1.35. The molecule has 0 aliphatic carbocycles. The summed E-state index contributed by atoms with van der Waals surface area (Å²) in [5, 5.41) is 11.4. The van der Waals surface area contributed by atoms with Crippen LogP contribution in [0.2, 0.25) is 5.02 Å². The van der Waals surface area contributed by atoms with Gasteiger partial charge < -0.3 is 23.9 Å². The van der Waals surface area contributed by atoms with Crippen molar-refractivity contribution >= 4 is 35.1 Å². The van der Waals surface area contributed by atoms with Crippen LogP contribution in [0.3, 0.4) is 0 Å². The van der Waals surface area contributed by atoms with Gasteiger partial charge in [-0.15, -0.1) is 0 Å². The number of aromatic nitrogens is 2. The summed E-state index contributed by atoms with van der Waals surface area (Å²) in [6, 6.07) is 3.03. The first kappa shape index (κ1) is 26.6. The zero-order chi connectivity index (χ0) is 27.1. The van der Waals surface area contributed by atoms with Crippen LogP contribution in [-0.4, -0.2) is 63.0 Å². The highest BCUT2D eigenvalue weighted by Gasteiger charge is 2.29. The molecule has 2 amide bonds. The summed E-state index contributed by atoms with van der Waals surface area (Å²) in [5.74, 6) is -2.87. The van der Waals surface area contributed by atoms with E-state index in [-0.39, 0.29) is 53.9 Å². The number of pyridine rings is 1. The van der Waals surface area contributed by atoms with Crippen LogP contribution < -0.4 is 5.32 Å². The Labute approximate surface area is 214 Å². The van der Waals surface area contributed by atoms with Crippen molar-refractivity contribution < 1.29 is 37.3 Å². The van der Waals surface area contributed by atoms with E-state index in [9.17, 15) is 19.1 Å². The summed E-state index contributed by atoms with van der Waals surface area (Å²) in [6.07, 6.45) is -1.70. The van der Waals surface area contributed by atoms with Crippen molar-refractivity contribution in [1.82, 2.24) is 14.3 Å². The van der Waals surface area contributed by atoms with E-state index in [0.29, 0.717) is 0 Å². The number of hydrogen-bond acceptors (Lipinski definition) is 5. The second kappa shape index (κ2) is 10.1. The molecule has 1 fully saturated rings. The maximum Gasteiger partial charge on any atom is 0.412 e. The Hall–Kier alpha value is -3.51. The molecule has 37 heavy (non-hydrogen) atoms. The number of fused-ring (bicyclic) bond motifs is 1. The molecule has 1 aromatic carbocycles. The third-order valence-corrected chi connectivity index (χ3v) is 5.81. The summed E-state index contributed by atoms with van der Waals surface area (Å²) in [7, 11) is 0. The van der Waals surface area contributed by atoms with Crippen molar-refractivity contribution in [3.8, 4) is 11.3 Å². The lowest BCUT2D eigenvalue weighted by atomic mass is 10.0. The average Bonchev–Trinajstić information content (AvgIpc) is 3.09. The number of nitrogens with one attached hydrogen (secondary N) is 1.